The van der Waals surface area contributed by atoms with Crippen LogP contribution in [0.4, 0.5) is 4.79 Å². The Morgan fingerprint density at radius 3 is 2.03 bits per heavy atom. The Balaban J connectivity index is 2.20. The maximum atomic E-state index is 13.3. The van der Waals surface area contributed by atoms with Gasteiger partial charge < -0.3 is 24.1 Å². The van der Waals surface area contributed by atoms with Gasteiger partial charge in [-0.15, -0.1) is 0 Å². The Bertz CT molecular complexity index is 916. The van der Waals surface area contributed by atoms with Crippen LogP contribution in [0.1, 0.15) is 44.2 Å². The van der Waals surface area contributed by atoms with Gasteiger partial charge in [0.2, 0.25) is 0 Å². The first-order valence-corrected chi connectivity index (χ1v) is 9.83. The average Bonchev–Trinajstić information content (AvgIpc) is 3.13. The molecule has 8 nitrogen and oxygen atoms in total. The highest BCUT2D eigenvalue weighted by Gasteiger charge is 2.52. The predicted octanol–water partition coefficient (Wildman–Crippen LogP) is 4.16. The smallest absolute Gasteiger partial charge is 0.413 e. The first kappa shape index (κ1) is 22.4. The monoisotopic (exact) mass is 429 g/mol. The van der Waals surface area contributed by atoms with Crippen LogP contribution in [0.5, 0.6) is 11.5 Å². The van der Waals surface area contributed by atoms with Crippen molar-refractivity contribution < 1.29 is 33.6 Å². The lowest BCUT2D eigenvalue weighted by Gasteiger charge is -2.32. The fourth-order valence-corrected chi connectivity index (χ4v) is 3.60. The number of hydrogen-bond acceptors (Lipinski definition) is 6. The number of benzene rings is 2. The topological polar surface area (TPSA) is 94.5 Å². The van der Waals surface area contributed by atoms with Crippen LogP contribution >= 0.6 is 0 Å². The van der Waals surface area contributed by atoms with E-state index in [1.807, 2.05) is 6.07 Å². The van der Waals surface area contributed by atoms with Crippen LogP contribution in [0.3, 0.4) is 0 Å². The van der Waals surface area contributed by atoms with Gasteiger partial charge in [0, 0.05) is 0 Å². The molecule has 0 bridgehead atoms. The van der Waals surface area contributed by atoms with Crippen LogP contribution in [0.25, 0.3) is 0 Å². The van der Waals surface area contributed by atoms with E-state index in [0.29, 0.717) is 22.6 Å². The van der Waals surface area contributed by atoms with Crippen molar-refractivity contribution in [3.05, 3.63) is 59.7 Å². The lowest BCUT2D eigenvalue weighted by atomic mass is 10.0. The van der Waals surface area contributed by atoms with Gasteiger partial charge >= 0.3 is 12.1 Å². The molecule has 3 atom stereocenters. The summed E-state index contributed by atoms with van der Waals surface area (Å²) in [7, 11) is 2.96. The van der Waals surface area contributed by atoms with Gasteiger partial charge in [-0.25, -0.2) is 9.59 Å². The first-order chi connectivity index (χ1) is 14.7. The van der Waals surface area contributed by atoms with E-state index in [-0.39, 0.29) is 0 Å². The van der Waals surface area contributed by atoms with E-state index >= 15 is 0 Å². The van der Waals surface area contributed by atoms with E-state index in [1.54, 1.807) is 63.2 Å². The van der Waals surface area contributed by atoms with Gasteiger partial charge in [-0.05, 0) is 38.5 Å². The van der Waals surface area contributed by atoms with Gasteiger partial charge in [-0.3, -0.25) is 4.90 Å². The second kappa shape index (κ2) is 8.85. The fourth-order valence-electron chi connectivity index (χ4n) is 3.60. The van der Waals surface area contributed by atoms with Crippen molar-refractivity contribution in [2.24, 2.45) is 0 Å². The van der Waals surface area contributed by atoms with Gasteiger partial charge in [0.15, 0.2) is 12.3 Å². The molecule has 1 unspecified atom stereocenters. The summed E-state index contributed by atoms with van der Waals surface area (Å²) in [5, 5.41) is 9.93. The van der Waals surface area contributed by atoms with Crippen molar-refractivity contribution >= 4 is 12.1 Å². The molecule has 2 aromatic carbocycles. The van der Waals surface area contributed by atoms with Crippen LogP contribution in [-0.2, 0) is 14.3 Å². The Morgan fingerprint density at radius 1 is 0.968 bits per heavy atom. The largest absolute Gasteiger partial charge is 0.496 e. The number of carbonyl (C=O) groups is 2. The number of carboxylic acid groups (broad SMARTS) is 1. The SMILES string of the molecule is COc1cccc(OC)c1C1O[C@@H](C(=O)O)[C@H](c2ccccc2)N1C(=O)OC(C)(C)C. The van der Waals surface area contributed by atoms with Crippen molar-refractivity contribution in [1.82, 2.24) is 4.90 Å². The second-order valence-corrected chi connectivity index (χ2v) is 8.07. The number of ether oxygens (including phenoxy) is 4. The zero-order valence-electron chi connectivity index (χ0n) is 18.2. The van der Waals surface area contributed by atoms with Crippen molar-refractivity contribution in [2.45, 2.75) is 44.7 Å². The van der Waals surface area contributed by atoms with Crippen LogP contribution in [-0.4, -0.2) is 48.0 Å². The number of rotatable bonds is 5. The second-order valence-electron chi connectivity index (χ2n) is 8.07. The molecule has 0 radical (unpaired) electrons. The van der Waals surface area contributed by atoms with Gasteiger partial charge in [-0.2, -0.15) is 0 Å². The van der Waals surface area contributed by atoms with Crippen molar-refractivity contribution in [1.29, 1.82) is 0 Å². The molecule has 2 aromatic rings. The maximum absolute atomic E-state index is 13.3. The standard InChI is InChI=1S/C23H27NO7/c1-23(2,3)31-22(27)24-18(14-10-7-6-8-11-14)19(21(25)26)30-20(24)17-15(28-4)12-9-13-16(17)29-5/h6-13,18-20H,1-5H3,(H,25,26)/t18-,19+,20?/m0/s1. The molecule has 1 aliphatic heterocycles. The lowest BCUT2D eigenvalue weighted by molar-refractivity contribution is -0.150. The number of aliphatic carboxylic acids is 1. The Labute approximate surface area is 181 Å². The van der Waals surface area contributed by atoms with Crippen molar-refractivity contribution in [3.8, 4) is 11.5 Å². The number of carbonyl (C=O) groups excluding carboxylic acids is 1. The molecule has 0 aliphatic carbocycles. The van der Waals surface area contributed by atoms with E-state index in [4.69, 9.17) is 18.9 Å². The third-order valence-electron chi connectivity index (χ3n) is 4.82. The molecule has 1 N–H and O–H groups in total. The summed E-state index contributed by atoms with van der Waals surface area (Å²) in [5.41, 5.74) is 0.217. The summed E-state index contributed by atoms with van der Waals surface area (Å²) < 4.78 is 22.6. The molecule has 0 saturated carbocycles. The van der Waals surface area contributed by atoms with Crippen LogP contribution in [0.2, 0.25) is 0 Å². The first-order valence-electron chi connectivity index (χ1n) is 9.83. The number of nitrogens with zero attached hydrogens (tertiary/aromatic N) is 1. The summed E-state index contributed by atoms with van der Waals surface area (Å²) in [6.45, 7) is 5.23. The average molecular weight is 429 g/mol. The number of amides is 1. The van der Waals surface area contributed by atoms with Crippen LogP contribution in [0.15, 0.2) is 48.5 Å². The van der Waals surface area contributed by atoms with E-state index < -0.39 is 36.0 Å². The molecule has 1 saturated heterocycles. The van der Waals surface area contributed by atoms with E-state index in [0.717, 1.165) is 0 Å². The minimum absolute atomic E-state index is 0.399. The van der Waals surface area contributed by atoms with E-state index in [2.05, 4.69) is 0 Å². The highest BCUT2D eigenvalue weighted by Crippen LogP contribution is 2.48. The Kier molecular flexibility index (Phi) is 6.40. The third kappa shape index (κ3) is 4.59. The lowest BCUT2D eigenvalue weighted by Crippen LogP contribution is -2.40. The summed E-state index contributed by atoms with van der Waals surface area (Å²) >= 11 is 0. The van der Waals surface area contributed by atoms with E-state index in [1.165, 1.54) is 19.1 Å². The summed E-state index contributed by atoms with van der Waals surface area (Å²) in [4.78, 5) is 26.8. The molecule has 166 valence electrons. The summed E-state index contributed by atoms with van der Waals surface area (Å²) in [6, 6.07) is 13.1. The molecule has 1 aliphatic rings. The van der Waals surface area contributed by atoms with Crippen molar-refractivity contribution in [2.75, 3.05) is 14.2 Å². The number of hydrogen-bond donors (Lipinski definition) is 1. The van der Waals surface area contributed by atoms with Crippen LogP contribution in [0, 0.1) is 0 Å². The quantitative estimate of drug-likeness (QED) is 0.762. The molecular weight excluding hydrogens is 402 g/mol. The van der Waals surface area contributed by atoms with Gasteiger partial charge in [0.05, 0.1) is 19.8 Å². The van der Waals surface area contributed by atoms with Crippen LogP contribution < -0.4 is 9.47 Å². The maximum Gasteiger partial charge on any atom is 0.413 e. The van der Waals surface area contributed by atoms with Gasteiger partial charge in [0.1, 0.15) is 23.1 Å². The van der Waals surface area contributed by atoms with Gasteiger partial charge in [-0.1, -0.05) is 36.4 Å². The zero-order valence-corrected chi connectivity index (χ0v) is 18.2. The van der Waals surface area contributed by atoms with E-state index in [9.17, 15) is 14.7 Å². The molecule has 0 aromatic heterocycles. The number of carboxylic acids is 1. The molecule has 1 fully saturated rings. The molecular formula is C23H27NO7. The summed E-state index contributed by atoms with van der Waals surface area (Å²) in [6.07, 6.45) is -3.13. The molecule has 8 heteroatoms. The number of methoxy groups -OCH3 is 2. The molecule has 3 rings (SSSR count). The third-order valence-corrected chi connectivity index (χ3v) is 4.82. The van der Waals surface area contributed by atoms with Crippen molar-refractivity contribution in [3.63, 3.8) is 0 Å². The predicted molar refractivity (Wildman–Crippen MR) is 112 cm³/mol. The minimum Gasteiger partial charge on any atom is -0.496 e. The molecule has 31 heavy (non-hydrogen) atoms. The Hall–Kier alpha value is -3.26. The highest BCUT2D eigenvalue weighted by atomic mass is 16.6. The fraction of sp³-hybridized carbons (Fsp3) is 0.391. The normalized spacial score (nSPS) is 20.9. The highest BCUT2D eigenvalue weighted by molar-refractivity contribution is 5.78. The Morgan fingerprint density at radius 2 is 1.55 bits per heavy atom. The zero-order chi connectivity index (χ0) is 22.8. The van der Waals surface area contributed by atoms with Gasteiger partial charge in [0.25, 0.3) is 0 Å². The minimum atomic E-state index is -1.32. The summed E-state index contributed by atoms with van der Waals surface area (Å²) in [5.74, 6) is -0.398. The molecule has 1 heterocycles. The molecule has 0 spiro atoms. The molecule has 1 amide bonds.